The maximum absolute atomic E-state index is 11.9. The fourth-order valence-corrected chi connectivity index (χ4v) is 1.59. The van der Waals surface area contributed by atoms with E-state index in [1.54, 1.807) is 31.4 Å². The van der Waals surface area contributed by atoms with E-state index in [1.165, 1.54) is 0 Å². The number of nitrogens with one attached hydrogen (secondary N) is 2. The minimum absolute atomic E-state index is 0.0498. The van der Waals surface area contributed by atoms with Gasteiger partial charge < -0.3 is 20.1 Å². The van der Waals surface area contributed by atoms with E-state index in [9.17, 15) is 9.59 Å². The lowest BCUT2D eigenvalue weighted by molar-refractivity contribution is -0.121. The van der Waals surface area contributed by atoms with Crippen molar-refractivity contribution in [3.05, 3.63) is 29.8 Å². The molecule has 1 aromatic rings. The molecule has 2 N–H and O–H groups in total. The number of methoxy groups -OCH3 is 1. The van der Waals surface area contributed by atoms with Gasteiger partial charge in [-0.25, -0.2) is 0 Å². The second kappa shape index (κ2) is 9.10. The molecule has 0 saturated heterocycles. The van der Waals surface area contributed by atoms with Crippen molar-refractivity contribution < 1.29 is 19.1 Å². The molecule has 0 radical (unpaired) electrons. The van der Waals surface area contributed by atoms with E-state index >= 15 is 0 Å². The Labute approximate surface area is 124 Å². The number of amides is 2. The van der Waals surface area contributed by atoms with Crippen LogP contribution in [0.15, 0.2) is 24.3 Å². The molecule has 0 bridgehead atoms. The van der Waals surface area contributed by atoms with E-state index in [2.05, 4.69) is 10.6 Å². The molecule has 1 aromatic carbocycles. The topological polar surface area (TPSA) is 76.7 Å². The third kappa shape index (κ3) is 6.87. The highest BCUT2D eigenvalue weighted by molar-refractivity contribution is 5.97. The monoisotopic (exact) mass is 294 g/mol. The smallest absolute Gasteiger partial charge is 0.251 e. The Kier molecular flexibility index (Phi) is 7.42. The number of hydrogen-bond acceptors (Lipinski definition) is 4. The predicted molar refractivity (Wildman–Crippen MR) is 80.4 cm³/mol. The summed E-state index contributed by atoms with van der Waals surface area (Å²) in [7, 11) is 1.57. The van der Waals surface area contributed by atoms with Gasteiger partial charge in [0.25, 0.3) is 5.91 Å². The van der Waals surface area contributed by atoms with Gasteiger partial charge in [0.15, 0.2) is 0 Å². The Morgan fingerprint density at radius 2 is 2.00 bits per heavy atom. The number of ether oxygens (including phenoxy) is 2. The fourth-order valence-electron chi connectivity index (χ4n) is 1.59. The van der Waals surface area contributed by atoms with E-state index in [-0.39, 0.29) is 24.5 Å². The second-order valence-electron chi connectivity index (χ2n) is 4.80. The number of rotatable bonds is 8. The number of benzene rings is 1. The van der Waals surface area contributed by atoms with Gasteiger partial charge in [-0.2, -0.15) is 0 Å². The average Bonchev–Trinajstić information content (AvgIpc) is 2.43. The van der Waals surface area contributed by atoms with Gasteiger partial charge in [-0.1, -0.05) is 6.07 Å². The molecule has 0 unspecified atom stereocenters. The molecule has 0 spiro atoms. The summed E-state index contributed by atoms with van der Waals surface area (Å²) in [6.45, 7) is 4.53. The zero-order chi connectivity index (χ0) is 15.7. The highest BCUT2D eigenvalue weighted by atomic mass is 16.5. The zero-order valence-corrected chi connectivity index (χ0v) is 12.6. The molecule has 1 rings (SSSR count). The van der Waals surface area contributed by atoms with Crippen LogP contribution in [0.3, 0.4) is 0 Å². The van der Waals surface area contributed by atoms with Gasteiger partial charge in [-0.3, -0.25) is 9.59 Å². The summed E-state index contributed by atoms with van der Waals surface area (Å²) in [5.41, 5.74) is 1.06. The van der Waals surface area contributed by atoms with Crippen LogP contribution in [-0.2, 0) is 14.3 Å². The number of carbonyl (C=O) groups excluding carboxylic acids is 2. The van der Waals surface area contributed by atoms with Crippen LogP contribution in [0.1, 0.15) is 24.2 Å². The van der Waals surface area contributed by atoms with Gasteiger partial charge >= 0.3 is 0 Å². The molecule has 2 amide bonds. The summed E-state index contributed by atoms with van der Waals surface area (Å²) in [5.74, 6) is -0.440. The van der Waals surface area contributed by atoms with Crippen LogP contribution in [0.25, 0.3) is 0 Å². The van der Waals surface area contributed by atoms with Crippen LogP contribution < -0.4 is 10.6 Å². The Morgan fingerprint density at radius 3 is 2.67 bits per heavy atom. The lowest BCUT2D eigenvalue weighted by Gasteiger charge is -2.10. The largest absolute Gasteiger partial charge is 0.382 e. The van der Waals surface area contributed by atoms with Crippen molar-refractivity contribution in [2.45, 2.75) is 19.9 Å². The van der Waals surface area contributed by atoms with Gasteiger partial charge in [0, 0.05) is 24.4 Å². The standard InChI is InChI=1S/C15H22N2O4/c1-11(2)16-15(19)12-5-4-6-13(9-12)17-14(18)10-21-8-7-20-3/h4-6,9,11H,7-8,10H2,1-3H3,(H,16,19)(H,17,18). The first-order chi connectivity index (χ1) is 10.0. The summed E-state index contributed by atoms with van der Waals surface area (Å²) in [6, 6.07) is 6.83. The first-order valence-corrected chi connectivity index (χ1v) is 6.80. The van der Waals surface area contributed by atoms with E-state index in [0.29, 0.717) is 24.5 Å². The third-order valence-corrected chi connectivity index (χ3v) is 2.49. The minimum atomic E-state index is -0.271. The van der Waals surface area contributed by atoms with E-state index < -0.39 is 0 Å². The molecule has 0 saturated carbocycles. The lowest BCUT2D eigenvalue weighted by Crippen LogP contribution is -2.30. The molecule has 0 heterocycles. The Morgan fingerprint density at radius 1 is 1.24 bits per heavy atom. The Bertz CT molecular complexity index is 474. The molecule has 0 aliphatic rings. The molecule has 6 nitrogen and oxygen atoms in total. The lowest BCUT2D eigenvalue weighted by atomic mass is 10.2. The van der Waals surface area contributed by atoms with Crippen molar-refractivity contribution >= 4 is 17.5 Å². The van der Waals surface area contributed by atoms with Crippen LogP contribution in [0, 0.1) is 0 Å². The summed E-state index contributed by atoms with van der Waals surface area (Å²) in [5, 5.41) is 5.48. The van der Waals surface area contributed by atoms with Crippen molar-refractivity contribution in [1.29, 1.82) is 0 Å². The highest BCUT2D eigenvalue weighted by Gasteiger charge is 2.08. The van der Waals surface area contributed by atoms with Gasteiger partial charge in [0.2, 0.25) is 5.91 Å². The average molecular weight is 294 g/mol. The number of anilines is 1. The summed E-state index contributed by atoms with van der Waals surface area (Å²) < 4.78 is 9.94. The maximum atomic E-state index is 11.9. The third-order valence-electron chi connectivity index (χ3n) is 2.49. The molecule has 6 heteroatoms. The molecule has 0 aliphatic carbocycles. The molecule has 0 atom stereocenters. The highest BCUT2D eigenvalue weighted by Crippen LogP contribution is 2.10. The van der Waals surface area contributed by atoms with Gasteiger partial charge in [0.05, 0.1) is 13.2 Å². The Balaban J connectivity index is 2.52. The van der Waals surface area contributed by atoms with E-state index in [4.69, 9.17) is 9.47 Å². The van der Waals surface area contributed by atoms with E-state index in [0.717, 1.165) is 0 Å². The first-order valence-electron chi connectivity index (χ1n) is 6.80. The summed E-state index contributed by atoms with van der Waals surface area (Å²) in [4.78, 5) is 23.5. The SMILES string of the molecule is COCCOCC(=O)Nc1cccc(C(=O)NC(C)C)c1. The maximum Gasteiger partial charge on any atom is 0.251 e. The zero-order valence-electron chi connectivity index (χ0n) is 12.6. The molecule has 0 fully saturated rings. The molecular formula is C15H22N2O4. The van der Waals surface area contributed by atoms with Crippen LogP contribution in [0.4, 0.5) is 5.69 Å². The summed E-state index contributed by atoms with van der Waals surface area (Å²) in [6.07, 6.45) is 0. The molecule has 116 valence electrons. The normalized spacial score (nSPS) is 10.5. The second-order valence-corrected chi connectivity index (χ2v) is 4.80. The fraction of sp³-hybridized carbons (Fsp3) is 0.467. The quantitative estimate of drug-likeness (QED) is 0.711. The van der Waals surface area contributed by atoms with E-state index in [1.807, 2.05) is 13.8 Å². The number of carbonyl (C=O) groups is 2. The van der Waals surface area contributed by atoms with Crippen molar-refractivity contribution in [3.8, 4) is 0 Å². The molecular weight excluding hydrogens is 272 g/mol. The van der Waals surface area contributed by atoms with Crippen LogP contribution >= 0.6 is 0 Å². The molecule has 0 aromatic heterocycles. The minimum Gasteiger partial charge on any atom is -0.382 e. The van der Waals surface area contributed by atoms with Crippen molar-refractivity contribution in [2.24, 2.45) is 0 Å². The van der Waals surface area contributed by atoms with Crippen LogP contribution in [-0.4, -0.2) is 44.8 Å². The first kappa shape index (κ1) is 17.1. The van der Waals surface area contributed by atoms with Crippen molar-refractivity contribution in [1.82, 2.24) is 5.32 Å². The van der Waals surface area contributed by atoms with Crippen molar-refractivity contribution in [3.63, 3.8) is 0 Å². The van der Waals surface area contributed by atoms with Gasteiger partial charge in [-0.05, 0) is 32.0 Å². The van der Waals surface area contributed by atoms with Crippen LogP contribution in [0.2, 0.25) is 0 Å². The van der Waals surface area contributed by atoms with Crippen LogP contribution in [0.5, 0.6) is 0 Å². The Hall–Kier alpha value is -1.92. The summed E-state index contributed by atoms with van der Waals surface area (Å²) >= 11 is 0. The van der Waals surface area contributed by atoms with Gasteiger partial charge in [-0.15, -0.1) is 0 Å². The molecule has 0 aliphatic heterocycles. The van der Waals surface area contributed by atoms with Crippen molar-refractivity contribution in [2.75, 3.05) is 32.2 Å². The predicted octanol–water partition coefficient (Wildman–Crippen LogP) is 1.43. The van der Waals surface area contributed by atoms with Gasteiger partial charge in [0.1, 0.15) is 6.61 Å². The number of hydrogen-bond donors (Lipinski definition) is 2. The molecule has 21 heavy (non-hydrogen) atoms.